The third-order valence-electron chi connectivity index (χ3n) is 4.28. The molecule has 1 fully saturated rings. The first kappa shape index (κ1) is 16.1. The maximum absolute atomic E-state index is 5.62. The molecule has 1 aromatic carbocycles. The third-order valence-corrected chi connectivity index (χ3v) is 4.28. The second-order valence-electron chi connectivity index (χ2n) is 6.07. The van der Waals surface area contributed by atoms with Crippen molar-refractivity contribution in [2.24, 2.45) is 4.99 Å². The molecule has 2 heterocycles. The van der Waals surface area contributed by atoms with E-state index < -0.39 is 0 Å². The molecule has 2 aliphatic heterocycles. The van der Waals surface area contributed by atoms with Crippen LogP contribution in [0, 0.1) is 0 Å². The van der Waals surface area contributed by atoms with E-state index in [9.17, 15) is 0 Å². The Morgan fingerprint density at radius 2 is 2.26 bits per heavy atom. The molecule has 1 saturated heterocycles. The Morgan fingerprint density at radius 3 is 3.09 bits per heavy atom. The molecular formula is C18H27N3O2. The summed E-state index contributed by atoms with van der Waals surface area (Å²) in [6, 6.07) is 6.51. The van der Waals surface area contributed by atoms with Gasteiger partial charge in [-0.2, -0.15) is 0 Å². The Balaban J connectivity index is 1.47. The minimum Gasteiger partial charge on any atom is -0.493 e. The van der Waals surface area contributed by atoms with E-state index in [1.165, 1.54) is 11.1 Å². The van der Waals surface area contributed by atoms with E-state index in [1.807, 2.05) is 0 Å². The first-order valence-electron chi connectivity index (χ1n) is 8.73. The number of hydrogen-bond acceptors (Lipinski definition) is 3. The largest absolute Gasteiger partial charge is 0.493 e. The van der Waals surface area contributed by atoms with Gasteiger partial charge >= 0.3 is 0 Å². The number of guanidine groups is 1. The van der Waals surface area contributed by atoms with E-state index in [-0.39, 0.29) is 0 Å². The molecule has 2 aliphatic rings. The Kier molecular flexibility index (Phi) is 5.75. The summed E-state index contributed by atoms with van der Waals surface area (Å²) < 4.78 is 11.2. The van der Waals surface area contributed by atoms with Crippen LogP contribution in [0.1, 0.15) is 30.9 Å². The van der Waals surface area contributed by atoms with Crippen molar-refractivity contribution < 1.29 is 9.47 Å². The Morgan fingerprint density at radius 1 is 1.30 bits per heavy atom. The zero-order valence-corrected chi connectivity index (χ0v) is 13.9. The first-order chi connectivity index (χ1) is 11.3. The van der Waals surface area contributed by atoms with Gasteiger partial charge in [0, 0.05) is 26.1 Å². The fraction of sp³-hybridized carbons (Fsp3) is 0.611. The van der Waals surface area contributed by atoms with Gasteiger partial charge in [-0.1, -0.05) is 12.1 Å². The smallest absolute Gasteiger partial charge is 0.191 e. The highest BCUT2D eigenvalue weighted by atomic mass is 16.5. The summed E-state index contributed by atoms with van der Waals surface area (Å²) in [5, 5.41) is 6.71. The fourth-order valence-electron chi connectivity index (χ4n) is 3.04. The molecule has 2 N–H and O–H groups in total. The summed E-state index contributed by atoms with van der Waals surface area (Å²) in [6.45, 7) is 6.27. The summed E-state index contributed by atoms with van der Waals surface area (Å²) in [5.74, 6) is 1.93. The molecule has 1 atom stereocenters. The first-order valence-corrected chi connectivity index (χ1v) is 8.73. The van der Waals surface area contributed by atoms with Crippen LogP contribution in [0.15, 0.2) is 23.2 Å². The maximum Gasteiger partial charge on any atom is 0.191 e. The van der Waals surface area contributed by atoms with Gasteiger partial charge in [0.1, 0.15) is 5.75 Å². The summed E-state index contributed by atoms with van der Waals surface area (Å²) in [4.78, 5) is 4.63. The highest BCUT2D eigenvalue weighted by Gasteiger charge is 2.15. The lowest BCUT2D eigenvalue weighted by atomic mass is 10.1. The second kappa shape index (κ2) is 8.20. The summed E-state index contributed by atoms with van der Waals surface area (Å²) in [6.07, 6.45) is 4.59. The molecule has 0 aliphatic carbocycles. The minimum atomic E-state index is 0.294. The van der Waals surface area contributed by atoms with Gasteiger partial charge in [0.25, 0.3) is 0 Å². The topological polar surface area (TPSA) is 54.9 Å². The van der Waals surface area contributed by atoms with Gasteiger partial charge in [0.05, 0.1) is 19.3 Å². The van der Waals surface area contributed by atoms with Crippen LogP contribution >= 0.6 is 0 Å². The van der Waals surface area contributed by atoms with E-state index in [1.54, 1.807) is 0 Å². The van der Waals surface area contributed by atoms with E-state index >= 15 is 0 Å². The Labute approximate surface area is 138 Å². The predicted molar refractivity (Wildman–Crippen MR) is 92.3 cm³/mol. The van der Waals surface area contributed by atoms with Crippen molar-refractivity contribution in [3.05, 3.63) is 29.3 Å². The number of nitrogens with zero attached hydrogens (tertiary/aromatic N) is 1. The van der Waals surface area contributed by atoms with Gasteiger partial charge in [-0.05, 0) is 43.4 Å². The van der Waals surface area contributed by atoms with Crippen molar-refractivity contribution in [3.8, 4) is 5.75 Å². The van der Waals surface area contributed by atoms with Gasteiger partial charge in [-0.3, -0.25) is 4.99 Å². The van der Waals surface area contributed by atoms with Gasteiger partial charge in [-0.25, -0.2) is 0 Å². The quantitative estimate of drug-likeness (QED) is 0.621. The lowest BCUT2D eigenvalue weighted by Crippen LogP contribution is -2.38. The van der Waals surface area contributed by atoms with Gasteiger partial charge < -0.3 is 20.1 Å². The van der Waals surface area contributed by atoms with E-state index in [2.05, 4.69) is 40.7 Å². The Hall–Kier alpha value is -1.75. The van der Waals surface area contributed by atoms with Crippen molar-refractivity contribution in [1.29, 1.82) is 0 Å². The highest BCUT2D eigenvalue weighted by Crippen LogP contribution is 2.25. The summed E-state index contributed by atoms with van der Waals surface area (Å²) >= 11 is 0. The highest BCUT2D eigenvalue weighted by molar-refractivity contribution is 5.79. The van der Waals surface area contributed by atoms with Crippen LogP contribution in [0.2, 0.25) is 0 Å². The van der Waals surface area contributed by atoms with Crippen molar-refractivity contribution in [3.63, 3.8) is 0 Å². The molecule has 1 unspecified atom stereocenters. The SMILES string of the molecule is CCNC(=NCC1CCCO1)NCCc1ccc2c(c1)CCO2. The molecule has 0 spiro atoms. The molecule has 5 nitrogen and oxygen atoms in total. The molecule has 5 heteroatoms. The van der Waals surface area contributed by atoms with E-state index in [0.717, 1.165) is 70.2 Å². The number of fused-ring (bicyclic) bond motifs is 1. The minimum absolute atomic E-state index is 0.294. The van der Waals surface area contributed by atoms with Crippen LogP contribution in [-0.2, 0) is 17.6 Å². The zero-order valence-electron chi connectivity index (χ0n) is 13.9. The second-order valence-corrected chi connectivity index (χ2v) is 6.07. The van der Waals surface area contributed by atoms with Crippen LogP contribution in [0.3, 0.4) is 0 Å². The number of benzene rings is 1. The zero-order chi connectivity index (χ0) is 15.9. The van der Waals surface area contributed by atoms with E-state index in [4.69, 9.17) is 9.47 Å². The maximum atomic E-state index is 5.62. The average Bonchev–Trinajstić information content (AvgIpc) is 3.23. The van der Waals surface area contributed by atoms with Crippen LogP contribution in [0.5, 0.6) is 5.75 Å². The third kappa shape index (κ3) is 4.61. The van der Waals surface area contributed by atoms with E-state index in [0.29, 0.717) is 6.10 Å². The summed E-state index contributed by atoms with van der Waals surface area (Å²) in [7, 11) is 0. The monoisotopic (exact) mass is 317 g/mol. The summed E-state index contributed by atoms with van der Waals surface area (Å²) in [5.41, 5.74) is 2.68. The normalized spacial score (nSPS) is 20.2. The molecule has 3 rings (SSSR count). The Bertz CT molecular complexity index is 539. The predicted octanol–water partition coefficient (Wildman–Crippen LogP) is 1.90. The molecule has 1 aromatic rings. The molecule has 0 aromatic heterocycles. The standard InChI is InChI=1S/C18H27N3O2/c1-2-19-18(21-13-16-4-3-10-22-16)20-9-7-14-5-6-17-15(12-14)8-11-23-17/h5-6,12,16H,2-4,7-11,13H2,1H3,(H2,19,20,21). The molecular weight excluding hydrogens is 290 g/mol. The fourth-order valence-corrected chi connectivity index (χ4v) is 3.04. The lowest BCUT2D eigenvalue weighted by molar-refractivity contribution is 0.117. The van der Waals surface area contributed by atoms with Crippen LogP contribution in [-0.4, -0.2) is 44.9 Å². The molecule has 0 saturated carbocycles. The van der Waals surface area contributed by atoms with Crippen molar-refractivity contribution in [2.45, 2.75) is 38.7 Å². The van der Waals surface area contributed by atoms with Crippen LogP contribution in [0.4, 0.5) is 0 Å². The van der Waals surface area contributed by atoms with Gasteiger partial charge in [0.15, 0.2) is 5.96 Å². The number of hydrogen-bond donors (Lipinski definition) is 2. The molecule has 0 amide bonds. The van der Waals surface area contributed by atoms with Crippen molar-refractivity contribution in [2.75, 3.05) is 32.8 Å². The molecule has 0 bridgehead atoms. The van der Waals surface area contributed by atoms with Crippen molar-refractivity contribution in [1.82, 2.24) is 10.6 Å². The number of nitrogens with one attached hydrogen (secondary N) is 2. The van der Waals surface area contributed by atoms with Crippen LogP contribution < -0.4 is 15.4 Å². The molecule has 23 heavy (non-hydrogen) atoms. The molecule has 126 valence electrons. The lowest BCUT2D eigenvalue weighted by Gasteiger charge is -2.13. The average molecular weight is 317 g/mol. The van der Waals surface area contributed by atoms with Crippen LogP contribution in [0.25, 0.3) is 0 Å². The van der Waals surface area contributed by atoms with Gasteiger partial charge in [0.2, 0.25) is 0 Å². The number of rotatable bonds is 6. The number of ether oxygens (including phenoxy) is 2. The molecule has 0 radical (unpaired) electrons. The number of aliphatic imine (C=N–C) groups is 1. The van der Waals surface area contributed by atoms with Gasteiger partial charge in [-0.15, -0.1) is 0 Å². The van der Waals surface area contributed by atoms with Crippen molar-refractivity contribution >= 4 is 5.96 Å².